The number of nitrogens with zero attached hydrogens (tertiary/aromatic N) is 3. The Hall–Kier alpha value is -2.57. The van der Waals surface area contributed by atoms with Crippen LogP contribution in [0.4, 0.5) is 10.5 Å². The quantitative estimate of drug-likeness (QED) is 0.896. The minimum absolute atomic E-state index is 0.0868. The van der Waals surface area contributed by atoms with E-state index in [1.54, 1.807) is 4.90 Å². The summed E-state index contributed by atoms with van der Waals surface area (Å²) in [5, 5.41) is 11.4. The molecule has 2 aromatic rings. The minimum Gasteiger partial charge on any atom is -0.350 e. The van der Waals surface area contributed by atoms with Crippen molar-refractivity contribution in [1.82, 2.24) is 20.0 Å². The van der Waals surface area contributed by atoms with E-state index in [2.05, 4.69) is 29.6 Å². The number of fused-ring (bicyclic) bond motifs is 1. The van der Waals surface area contributed by atoms with E-state index in [9.17, 15) is 9.59 Å². The topological polar surface area (TPSA) is 79.3 Å². The van der Waals surface area contributed by atoms with Gasteiger partial charge in [-0.3, -0.25) is 9.48 Å². The highest BCUT2D eigenvalue weighted by molar-refractivity contribution is 5.93. The Morgan fingerprint density at radius 1 is 1.24 bits per heavy atom. The first kappa shape index (κ1) is 15.9. The van der Waals surface area contributed by atoms with Crippen LogP contribution in [0.2, 0.25) is 0 Å². The van der Waals surface area contributed by atoms with Gasteiger partial charge in [-0.15, -0.1) is 0 Å². The molecule has 3 amide bonds. The third-order valence-electron chi connectivity index (χ3n) is 4.80. The largest absolute Gasteiger partial charge is 0.350 e. The molecule has 7 heteroatoms. The third-order valence-corrected chi connectivity index (χ3v) is 4.80. The second-order valence-corrected chi connectivity index (χ2v) is 7.27. The Labute approximate surface area is 146 Å². The number of carbonyl (C=O) groups is 2. The Morgan fingerprint density at radius 2 is 2.00 bits per heavy atom. The van der Waals surface area contributed by atoms with Crippen molar-refractivity contribution in [2.45, 2.75) is 38.8 Å². The van der Waals surface area contributed by atoms with Gasteiger partial charge in [-0.25, -0.2) is 4.79 Å². The summed E-state index contributed by atoms with van der Waals surface area (Å²) in [5.41, 5.74) is 1.76. The maximum Gasteiger partial charge on any atom is 0.321 e. The van der Waals surface area contributed by atoms with Gasteiger partial charge in [0.2, 0.25) is 5.91 Å². The lowest BCUT2D eigenvalue weighted by Gasteiger charge is -2.39. The molecule has 1 aliphatic carbocycles. The van der Waals surface area contributed by atoms with Gasteiger partial charge in [0, 0.05) is 36.1 Å². The number of anilines is 1. The van der Waals surface area contributed by atoms with Crippen LogP contribution < -0.4 is 10.6 Å². The van der Waals surface area contributed by atoms with Crippen molar-refractivity contribution >= 4 is 28.5 Å². The number of likely N-dealkylation sites (tertiary alicyclic amines) is 1. The van der Waals surface area contributed by atoms with Crippen LogP contribution in [0.25, 0.3) is 10.9 Å². The number of urea groups is 1. The van der Waals surface area contributed by atoms with E-state index in [1.165, 1.54) is 0 Å². The lowest BCUT2D eigenvalue weighted by atomic mass is 10.1. The van der Waals surface area contributed by atoms with Gasteiger partial charge in [-0.1, -0.05) is 0 Å². The maximum absolute atomic E-state index is 12.3. The molecule has 25 heavy (non-hydrogen) atoms. The fourth-order valence-electron chi connectivity index (χ4n) is 3.13. The Morgan fingerprint density at radius 3 is 2.68 bits per heavy atom. The summed E-state index contributed by atoms with van der Waals surface area (Å²) in [5.74, 6) is 0.345. The molecule has 2 aliphatic rings. The molecule has 0 unspecified atom stereocenters. The van der Waals surface area contributed by atoms with E-state index in [-0.39, 0.29) is 29.9 Å². The van der Waals surface area contributed by atoms with Gasteiger partial charge in [0.25, 0.3) is 0 Å². The Kier molecular flexibility index (Phi) is 3.86. The standard InChI is InChI=1S/C18H23N5O2/c1-11(2)23-16-7-14(6-5-13(16)8-19-23)21-18(25)22-9-15(10-22)20-17(24)12-3-4-12/h5-8,11-12,15H,3-4,9-10H2,1-2H3,(H,20,24)(H,21,25). The molecule has 2 heterocycles. The summed E-state index contributed by atoms with van der Waals surface area (Å²) in [6.45, 7) is 5.29. The zero-order valence-electron chi connectivity index (χ0n) is 14.5. The first-order valence-corrected chi connectivity index (χ1v) is 8.85. The lowest BCUT2D eigenvalue weighted by Crippen LogP contribution is -2.62. The molecule has 4 rings (SSSR count). The highest BCUT2D eigenvalue weighted by Crippen LogP contribution is 2.29. The van der Waals surface area contributed by atoms with Crippen molar-refractivity contribution in [1.29, 1.82) is 0 Å². The van der Waals surface area contributed by atoms with Crippen molar-refractivity contribution < 1.29 is 9.59 Å². The van der Waals surface area contributed by atoms with Crippen LogP contribution in [0, 0.1) is 5.92 Å². The van der Waals surface area contributed by atoms with Crippen molar-refractivity contribution in [3.8, 4) is 0 Å². The van der Waals surface area contributed by atoms with E-state index >= 15 is 0 Å². The zero-order valence-corrected chi connectivity index (χ0v) is 14.5. The number of aromatic nitrogens is 2. The summed E-state index contributed by atoms with van der Waals surface area (Å²) < 4.78 is 1.94. The molecule has 0 radical (unpaired) electrons. The van der Waals surface area contributed by atoms with Crippen LogP contribution in [-0.4, -0.2) is 45.8 Å². The second-order valence-electron chi connectivity index (χ2n) is 7.27. The first-order valence-electron chi connectivity index (χ1n) is 8.85. The van der Waals surface area contributed by atoms with Crippen molar-refractivity contribution in [2.75, 3.05) is 18.4 Å². The van der Waals surface area contributed by atoms with E-state index in [1.807, 2.05) is 29.1 Å². The summed E-state index contributed by atoms with van der Waals surface area (Å²) in [4.78, 5) is 25.8. The number of rotatable bonds is 4. The fraction of sp³-hybridized carbons (Fsp3) is 0.500. The molecule has 0 spiro atoms. The molecule has 0 atom stereocenters. The molecule has 1 saturated heterocycles. The third kappa shape index (κ3) is 3.18. The molecule has 1 saturated carbocycles. The average molecular weight is 341 g/mol. The summed E-state index contributed by atoms with van der Waals surface area (Å²) in [6.07, 6.45) is 3.83. The monoisotopic (exact) mass is 341 g/mol. The molecule has 0 bridgehead atoms. The van der Waals surface area contributed by atoms with Gasteiger partial charge in [-0.2, -0.15) is 5.10 Å². The fourth-order valence-corrected chi connectivity index (χ4v) is 3.13. The van der Waals surface area contributed by atoms with Gasteiger partial charge in [-0.05, 0) is 44.9 Å². The molecule has 2 N–H and O–H groups in total. The number of carbonyl (C=O) groups excluding carboxylic acids is 2. The van der Waals surface area contributed by atoms with Gasteiger partial charge < -0.3 is 15.5 Å². The van der Waals surface area contributed by atoms with E-state index in [4.69, 9.17) is 0 Å². The SMILES string of the molecule is CC(C)n1ncc2ccc(NC(=O)N3CC(NC(=O)C4CC4)C3)cc21. The molecule has 1 aromatic carbocycles. The first-order chi connectivity index (χ1) is 12.0. The molecule has 1 aromatic heterocycles. The highest BCUT2D eigenvalue weighted by Gasteiger charge is 2.36. The molecule has 132 valence electrons. The van der Waals surface area contributed by atoms with Gasteiger partial charge in [0.05, 0.1) is 17.8 Å². The van der Waals surface area contributed by atoms with Gasteiger partial charge >= 0.3 is 6.03 Å². The zero-order chi connectivity index (χ0) is 17.6. The van der Waals surface area contributed by atoms with Crippen LogP contribution >= 0.6 is 0 Å². The van der Waals surface area contributed by atoms with Crippen molar-refractivity contribution in [2.24, 2.45) is 5.92 Å². The molecule has 7 nitrogen and oxygen atoms in total. The molecular formula is C18H23N5O2. The predicted octanol–water partition coefficient (Wildman–Crippen LogP) is 2.36. The van der Waals surface area contributed by atoms with E-state index < -0.39 is 0 Å². The van der Waals surface area contributed by atoms with Crippen LogP contribution in [0.1, 0.15) is 32.7 Å². The van der Waals surface area contributed by atoms with Gasteiger partial charge in [0.1, 0.15) is 0 Å². The van der Waals surface area contributed by atoms with Gasteiger partial charge in [0.15, 0.2) is 0 Å². The molecule has 1 aliphatic heterocycles. The number of amides is 3. The van der Waals surface area contributed by atoms with Crippen molar-refractivity contribution in [3.63, 3.8) is 0 Å². The minimum atomic E-state index is -0.133. The normalized spacial score (nSPS) is 17.6. The average Bonchev–Trinajstić information content (AvgIpc) is 3.29. The van der Waals surface area contributed by atoms with Crippen molar-refractivity contribution in [3.05, 3.63) is 24.4 Å². The van der Waals surface area contributed by atoms with Crippen LogP contribution in [0.15, 0.2) is 24.4 Å². The van der Waals surface area contributed by atoms with Crippen LogP contribution in [-0.2, 0) is 4.79 Å². The van der Waals surface area contributed by atoms with Crippen LogP contribution in [0.5, 0.6) is 0 Å². The second kappa shape index (κ2) is 6.06. The number of hydrogen-bond acceptors (Lipinski definition) is 3. The number of nitrogens with one attached hydrogen (secondary N) is 2. The summed E-state index contributed by atoms with van der Waals surface area (Å²) >= 11 is 0. The van der Waals surface area contributed by atoms with Crippen LogP contribution in [0.3, 0.4) is 0 Å². The lowest BCUT2D eigenvalue weighted by molar-refractivity contribution is -0.123. The Bertz CT molecular complexity index is 818. The maximum atomic E-state index is 12.3. The predicted molar refractivity (Wildman–Crippen MR) is 95.4 cm³/mol. The number of benzene rings is 1. The highest BCUT2D eigenvalue weighted by atomic mass is 16.2. The Balaban J connectivity index is 1.36. The smallest absolute Gasteiger partial charge is 0.321 e. The molecular weight excluding hydrogens is 318 g/mol. The molecule has 2 fully saturated rings. The number of hydrogen-bond donors (Lipinski definition) is 2. The summed E-state index contributed by atoms with van der Waals surface area (Å²) in [6, 6.07) is 6.02. The summed E-state index contributed by atoms with van der Waals surface area (Å²) in [7, 11) is 0. The van der Waals surface area contributed by atoms with E-state index in [0.29, 0.717) is 13.1 Å². The van der Waals surface area contributed by atoms with E-state index in [0.717, 1.165) is 29.4 Å².